The van der Waals surface area contributed by atoms with E-state index in [1.165, 1.54) is 12.1 Å². The maximum Gasteiger partial charge on any atom is 0.416 e. The van der Waals surface area contributed by atoms with Gasteiger partial charge >= 0.3 is 6.18 Å². The fourth-order valence-corrected chi connectivity index (χ4v) is 4.56. The quantitative estimate of drug-likeness (QED) is 0.406. The van der Waals surface area contributed by atoms with Crippen molar-refractivity contribution in [2.45, 2.75) is 18.6 Å². The zero-order valence-corrected chi connectivity index (χ0v) is 21.7. The number of hydrogen-bond donors (Lipinski definition) is 3. The number of rotatable bonds is 7. The van der Waals surface area contributed by atoms with Crippen molar-refractivity contribution < 1.29 is 27.5 Å². The van der Waals surface area contributed by atoms with E-state index < -0.39 is 23.7 Å². The Kier molecular flexibility index (Phi) is 7.48. The number of primary amides is 1. The van der Waals surface area contributed by atoms with Gasteiger partial charge in [-0.15, -0.1) is 0 Å². The Hall–Kier alpha value is -4.39. The highest BCUT2D eigenvalue weighted by Gasteiger charge is 2.32. The minimum Gasteiger partial charge on any atom is -0.455 e. The monoisotopic (exact) mass is 555 g/mol. The number of amides is 2. The van der Waals surface area contributed by atoms with Gasteiger partial charge in [0, 0.05) is 44.4 Å². The third-order valence-corrected chi connectivity index (χ3v) is 6.82. The summed E-state index contributed by atoms with van der Waals surface area (Å²) in [4.78, 5) is 36.5. The van der Waals surface area contributed by atoms with E-state index in [1.54, 1.807) is 24.3 Å². The number of anilines is 2. The van der Waals surface area contributed by atoms with Gasteiger partial charge in [0.1, 0.15) is 23.3 Å². The lowest BCUT2D eigenvalue weighted by molar-refractivity contribution is -0.137. The highest BCUT2D eigenvalue weighted by molar-refractivity contribution is 5.92. The number of ether oxygens (including phenoxy) is 1. The summed E-state index contributed by atoms with van der Waals surface area (Å²) < 4.78 is 46.4. The smallest absolute Gasteiger partial charge is 0.416 e. The van der Waals surface area contributed by atoms with Gasteiger partial charge in [-0.3, -0.25) is 9.59 Å². The Morgan fingerprint density at radius 3 is 2.42 bits per heavy atom. The van der Waals surface area contributed by atoms with Gasteiger partial charge in [-0.2, -0.15) is 13.2 Å². The molecule has 2 saturated heterocycles. The van der Waals surface area contributed by atoms with Crippen LogP contribution in [0.2, 0.25) is 0 Å². The predicted octanol–water partition coefficient (Wildman–Crippen LogP) is 3.11. The summed E-state index contributed by atoms with van der Waals surface area (Å²) in [7, 11) is 1.97. The summed E-state index contributed by atoms with van der Waals surface area (Å²) in [5.41, 5.74) is 5.62. The molecule has 13 heteroatoms. The van der Waals surface area contributed by atoms with Crippen LogP contribution >= 0.6 is 0 Å². The van der Waals surface area contributed by atoms with Gasteiger partial charge < -0.3 is 30.9 Å². The third-order valence-electron chi connectivity index (χ3n) is 6.82. The number of halogens is 3. The molecule has 210 valence electrons. The molecule has 2 amide bonds. The van der Waals surface area contributed by atoms with Gasteiger partial charge in [0.15, 0.2) is 11.6 Å². The van der Waals surface area contributed by atoms with Crippen LogP contribution in [0, 0.1) is 0 Å². The Labute approximate surface area is 228 Å². The van der Waals surface area contributed by atoms with E-state index >= 15 is 0 Å². The number of benzene rings is 2. The number of piperazine rings is 1. The van der Waals surface area contributed by atoms with Crippen LogP contribution in [0.15, 0.2) is 48.5 Å². The zero-order valence-electron chi connectivity index (χ0n) is 21.7. The Balaban J connectivity index is 1.40. The van der Waals surface area contributed by atoms with E-state index in [-0.39, 0.29) is 23.2 Å². The first kappa shape index (κ1) is 27.2. The van der Waals surface area contributed by atoms with Gasteiger partial charge in [0.2, 0.25) is 5.91 Å². The molecule has 2 fully saturated rings. The standard InChI is InChI=1S/C27H28F3N7O3/c1-36-10-12-37(13-11-36)21-14-17(27(28,29)30)4-7-22(21)40-18-5-2-16(3-6-18)25-34-20(24(31)38)15-23(35-25)33-19-8-9-32-26(19)39/h2-7,14-15,19H,8-13H2,1H3,(H2,31,38)(H,32,39)(H,33,34,35). The summed E-state index contributed by atoms with van der Waals surface area (Å²) in [6, 6.07) is 11.0. The lowest BCUT2D eigenvalue weighted by atomic mass is 10.1. The van der Waals surface area contributed by atoms with E-state index in [9.17, 15) is 22.8 Å². The molecule has 0 spiro atoms. The molecule has 4 N–H and O–H groups in total. The molecular weight excluding hydrogens is 527 g/mol. The minimum atomic E-state index is -4.48. The highest BCUT2D eigenvalue weighted by atomic mass is 19.4. The Morgan fingerprint density at radius 1 is 1.07 bits per heavy atom. The SMILES string of the molecule is CN1CCN(c2cc(C(F)(F)F)ccc2Oc2ccc(-c3nc(NC4CCNC4=O)cc(C(N)=O)n3)cc2)CC1. The van der Waals surface area contributed by atoms with Gasteiger partial charge in [0.05, 0.1) is 11.3 Å². The molecule has 1 aromatic heterocycles. The van der Waals surface area contributed by atoms with Gasteiger partial charge in [-0.05, 0) is 55.9 Å². The molecule has 0 radical (unpaired) electrons. The first-order valence-electron chi connectivity index (χ1n) is 12.7. The number of nitrogens with two attached hydrogens (primary N) is 1. The van der Waals surface area contributed by atoms with E-state index in [2.05, 4.69) is 25.5 Å². The summed E-state index contributed by atoms with van der Waals surface area (Å²) in [6.45, 7) is 3.11. The molecule has 1 atom stereocenters. The van der Waals surface area contributed by atoms with Crippen molar-refractivity contribution in [1.82, 2.24) is 20.2 Å². The van der Waals surface area contributed by atoms with Gasteiger partial charge in [-0.25, -0.2) is 9.97 Å². The third kappa shape index (κ3) is 6.09. The van der Waals surface area contributed by atoms with Gasteiger partial charge in [0.25, 0.3) is 5.91 Å². The molecule has 2 aromatic carbocycles. The topological polar surface area (TPSA) is 126 Å². The maximum absolute atomic E-state index is 13.5. The normalized spacial score (nSPS) is 17.9. The Morgan fingerprint density at radius 2 is 1.80 bits per heavy atom. The number of carbonyl (C=O) groups is 2. The zero-order chi connectivity index (χ0) is 28.4. The molecule has 2 aliphatic heterocycles. The second-order valence-electron chi connectivity index (χ2n) is 9.70. The number of likely N-dealkylation sites (N-methyl/N-ethyl adjacent to an activating group) is 1. The highest BCUT2D eigenvalue weighted by Crippen LogP contribution is 2.39. The average molecular weight is 556 g/mol. The molecule has 3 aromatic rings. The van der Waals surface area contributed by atoms with Crippen LogP contribution in [0.25, 0.3) is 11.4 Å². The largest absolute Gasteiger partial charge is 0.455 e. The summed E-state index contributed by atoms with van der Waals surface area (Å²) in [5, 5.41) is 5.74. The van der Waals surface area contributed by atoms with Crippen molar-refractivity contribution in [1.29, 1.82) is 0 Å². The summed E-state index contributed by atoms with van der Waals surface area (Å²) in [5.74, 6) is 0.270. The van der Waals surface area contributed by atoms with Crippen molar-refractivity contribution in [3.05, 3.63) is 59.8 Å². The molecule has 0 aliphatic carbocycles. The molecule has 10 nitrogen and oxygen atoms in total. The summed E-state index contributed by atoms with van der Waals surface area (Å²) >= 11 is 0. The molecule has 2 aliphatic rings. The van der Waals surface area contributed by atoms with Crippen LogP contribution in [0.3, 0.4) is 0 Å². The first-order chi connectivity index (χ1) is 19.1. The molecule has 1 unspecified atom stereocenters. The maximum atomic E-state index is 13.5. The summed E-state index contributed by atoms with van der Waals surface area (Å²) in [6.07, 6.45) is -3.91. The molecule has 0 saturated carbocycles. The van der Waals surface area contributed by atoms with E-state index in [4.69, 9.17) is 10.5 Å². The lowest BCUT2D eigenvalue weighted by Crippen LogP contribution is -2.44. The first-order valence-corrected chi connectivity index (χ1v) is 12.7. The van der Waals surface area contributed by atoms with E-state index in [1.807, 2.05) is 11.9 Å². The molecular formula is C27H28F3N7O3. The van der Waals surface area contributed by atoms with Crippen LogP contribution in [0.5, 0.6) is 11.5 Å². The molecule has 40 heavy (non-hydrogen) atoms. The van der Waals surface area contributed by atoms with Crippen molar-refractivity contribution in [3.63, 3.8) is 0 Å². The van der Waals surface area contributed by atoms with Crippen LogP contribution in [0.1, 0.15) is 22.5 Å². The lowest BCUT2D eigenvalue weighted by Gasteiger charge is -2.35. The van der Waals surface area contributed by atoms with Crippen molar-refractivity contribution in [3.8, 4) is 22.9 Å². The van der Waals surface area contributed by atoms with E-state index in [0.29, 0.717) is 48.8 Å². The molecule has 0 bridgehead atoms. The minimum absolute atomic E-state index is 0.0206. The average Bonchev–Trinajstić information content (AvgIpc) is 3.33. The molecule has 3 heterocycles. The number of aromatic nitrogens is 2. The van der Waals surface area contributed by atoms with Gasteiger partial charge in [-0.1, -0.05) is 0 Å². The van der Waals surface area contributed by atoms with Crippen molar-refractivity contribution in [2.75, 3.05) is 50.0 Å². The fourth-order valence-electron chi connectivity index (χ4n) is 4.56. The molecule has 5 rings (SSSR count). The van der Waals surface area contributed by atoms with Crippen LogP contribution in [0.4, 0.5) is 24.7 Å². The number of hydrogen-bond acceptors (Lipinski definition) is 8. The number of alkyl halides is 3. The number of nitrogens with zero attached hydrogens (tertiary/aromatic N) is 4. The van der Waals surface area contributed by atoms with Crippen LogP contribution in [-0.4, -0.2) is 72.5 Å². The fraction of sp³-hybridized carbons (Fsp3) is 0.333. The Bertz CT molecular complexity index is 1410. The van der Waals surface area contributed by atoms with Crippen LogP contribution < -0.4 is 26.0 Å². The predicted molar refractivity (Wildman–Crippen MR) is 142 cm³/mol. The van der Waals surface area contributed by atoms with Crippen LogP contribution in [-0.2, 0) is 11.0 Å². The number of nitrogens with one attached hydrogen (secondary N) is 2. The number of carbonyl (C=O) groups excluding carboxylic acids is 2. The second kappa shape index (κ2) is 11.0. The second-order valence-corrected chi connectivity index (χ2v) is 9.70. The van der Waals surface area contributed by atoms with Crippen molar-refractivity contribution >= 4 is 23.3 Å². The van der Waals surface area contributed by atoms with E-state index in [0.717, 1.165) is 25.2 Å². The van der Waals surface area contributed by atoms with Crippen molar-refractivity contribution in [2.24, 2.45) is 5.73 Å².